The van der Waals surface area contributed by atoms with Crippen molar-refractivity contribution in [3.8, 4) is 0 Å². The summed E-state index contributed by atoms with van der Waals surface area (Å²) in [6.45, 7) is 0. The molecule has 0 saturated heterocycles. The molecule has 6 nitrogen and oxygen atoms in total. The van der Waals surface area contributed by atoms with E-state index in [1.54, 1.807) is 0 Å². The Hall–Kier alpha value is -1.46. The first-order valence-electron chi connectivity index (χ1n) is 7.81. The molecule has 0 heterocycles. The smallest absolute Gasteiger partial charge is 0.335 e. The first-order chi connectivity index (χ1) is 10.0. The molecule has 0 radical (unpaired) electrons. The lowest BCUT2D eigenvalue weighted by Gasteiger charge is -2.32. The van der Waals surface area contributed by atoms with Crippen LogP contribution in [0, 0.1) is 0 Å². The van der Waals surface area contributed by atoms with Gasteiger partial charge in [-0.3, -0.25) is 0 Å². The van der Waals surface area contributed by atoms with Gasteiger partial charge in [-0.2, -0.15) is 10.2 Å². The highest BCUT2D eigenvalue weighted by Gasteiger charge is 2.45. The number of nitrogens with zero attached hydrogens (tertiary/aromatic N) is 2. The lowest BCUT2D eigenvalue weighted by atomic mass is 9.81. The third-order valence-corrected chi connectivity index (χ3v) is 4.76. The number of carbonyl (C=O) groups excluding carboxylic acids is 1. The number of carboxylic acids is 1. The molecule has 0 aromatic rings. The van der Waals surface area contributed by atoms with Gasteiger partial charge >= 0.3 is 11.9 Å². The highest BCUT2D eigenvalue weighted by atomic mass is 16.5. The molecular weight excluding hydrogens is 272 g/mol. The molecule has 0 aromatic heterocycles. The van der Waals surface area contributed by atoms with E-state index >= 15 is 0 Å². The number of rotatable bonds is 4. The van der Waals surface area contributed by atoms with Crippen LogP contribution < -0.4 is 0 Å². The fourth-order valence-electron chi connectivity index (χ4n) is 3.36. The predicted molar refractivity (Wildman–Crippen MR) is 76.1 cm³/mol. The fourth-order valence-corrected chi connectivity index (χ4v) is 3.36. The van der Waals surface area contributed by atoms with Crippen LogP contribution in [0.15, 0.2) is 10.2 Å². The number of esters is 1. The van der Waals surface area contributed by atoms with Crippen molar-refractivity contribution in [3.05, 3.63) is 0 Å². The summed E-state index contributed by atoms with van der Waals surface area (Å²) in [6, 6.07) is 0. The van der Waals surface area contributed by atoms with E-state index in [1.165, 1.54) is 7.11 Å². The molecule has 0 amide bonds. The summed E-state index contributed by atoms with van der Waals surface area (Å²) in [6.07, 6.45) is 7.78. The average Bonchev–Trinajstić information content (AvgIpc) is 2.53. The highest BCUT2D eigenvalue weighted by molar-refractivity contribution is 5.81. The molecule has 2 rings (SSSR count). The molecular formula is C15H24N2O4. The summed E-state index contributed by atoms with van der Waals surface area (Å²) in [5.74, 6) is -1.32. The second kappa shape index (κ2) is 6.54. The van der Waals surface area contributed by atoms with E-state index < -0.39 is 17.0 Å². The number of carboxylic acid groups (broad SMARTS) is 1. The number of hydrogen-bond donors (Lipinski definition) is 1. The van der Waals surface area contributed by atoms with Crippen LogP contribution >= 0.6 is 0 Å². The largest absolute Gasteiger partial charge is 0.479 e. The summed E-state index contributed by atoms with van der Waals surface area (Å²) in [7, 11) is 1.35. The molecule has 21 heavy (non-hydrogen) atoms. The lowest BCUT2D eigenvalue weighted by molar-refractivity contribution is -0.150. The Labute approximate surface area is 125 Å². The molecule has 0 aromatic carbocycles. The zero-order valence-corrected chi connectivity index (χ0v) is 12.6. The molecule has 0 aliphatic heterocycles. The van der Waals surface area contributed by atoms with Crippen molar-refractivity contribution >= 4 is 11.9 Å². The van der Waals surface area contributed by atoms with Crippen LogP contribution in [0.1, 0.15) is 64.2 Å². The number of azo groups is 1. The summed E-state index contributed by atoms with van der Waals surface area (Å²) in [4.78, 5) is 23.7. The first kappa shape index (κ1) is 15.9. The Morgan fingerprint density at radius 1 is 0.857 bits per heavy atom. The molecule has 0 bridgehead atoms. The normalized spacial score (nSPS) is 24.6. The Balaban J connectivity index is 2.25. The minimum Gasteiger partial charge on any atom is -0.479 e. The number of methoxy groups -OCH3 is 1. The maximum atomic E-state index is 12.1. The van der Waals surface area contributed by atoms with Crippen LogP contribution in [-0.2, 0) is 14.3 Å². The second-order valence-corrected chi connectivity index (χ2v) is 6.18. The second-order valence-electron chi connectivity index (χ2n) is 6.18. The predicted octanol–water partition coefficient (Wildman–Crippen LogP) is 3.10. The Kier molecular flexibility index (Phi) is 4.96. The summed E-state index contributed by atoms with van der Waals surface area (Å²) < 4.78 is 4.89. The van der Waals surface area contributed by atoms with Crippen molar-refractivity contribution in [2.45, 2.75) is 75.3 Å². The van der Waals surface area contributed by atoms with Crippen molar-refractivity contribution in [3.63, 3.8) is 0 Å². The zero-order valence-electron chi connectivity index (χ0n) is 12.6. The van der Waals surface area contributed by atoms with Gasteiger partial charge in [0.1, 0.15) is 0 Å². The van der Waals surface area contributed by atoms with Crippen LogP contribution in [0.4, 0.5) is 0 Å². The summed E-state index contributed by atoms with van der Waals surface area (Å²) >= 11 is 0. The van der Waals surface area contributed by atoms with Gasteiger partial charge in [0.25, 0.3) is 0 Å². The van der Waals surface area contributed by atoms with Crippen molar-refractivity contribution in [1.82, 2.24) is 0 Å². The maximum absolute atomic E-state index is 12.1. The van der Waals surface area contributed by atoms with E-state index in [0.717, 1.165) is 38.5 Å². The van der Waals surface area contributed by atoms with Gasteiger partial charge in [-0.05, 0) is 25.7 Å². The maximum Gasteiger partial charge on any atom is 0.335 e. The number of carbonyl (C=O) groups is 2. The molecule has 0 atom stereocenters. The molecule has 6 heteroatoms. The Morgan fingerprint density at radius 3 is 1.71 bits per heavy atom. The van der Waals surface area contributed by atoms with Crippen LogP contribution in [-0.4, -0.2) is 35.2 Å². The van der Waals surface area contributed by atoms with Crippen molar-refractivity contribution in [1.29, 1.82) is 0 Å². The summed E-state index contributed by atoms with van der Waals surface area (Å²) in [5.41, 5.74) is -2.11. The van der Waals surface area contributed by atoms with Gasteiger partial charge in [0.15, 0.2) is 11.1 Å². The van der Waals surface area contributed by atoms with E-state index in [-0.39, 0.29) is 5.97 Å². The van der Waals surface area contributed by atoms with Crippen molar-refractivity contribution < 1.29 is 19.4 Å². The van der Waals surface area contributed by atoms with E-state index in [9.17, 15) is 14.7 Å². The van der Waals surface area contributed by atoms with Crippen LogP contribution in [0.25, 0.3) is 0 Å². The first-order valence-corrected chi connectivity index (χ1v) is 7.81. The van der Waals surface area contributed by atoms with E-state index in [0.29, 0.717) is 25.7 Å². The monoisotopic (exact) mass is 296 g/mol. The Bertz CT molecular complexity index is 421. The SMILES string of the molecule is COC(=O)C1(N=NC2(C(=O)O)CCCCC2)CCCCC1. The third-order valence-electron chi connectivity index (χ3n) is 4.76. The van der Waals surface area contributed by atoms with Gasteiger partial charge < -0.3 is 9.84 Å². The molecule has 1 N–H and O–H groups in total. The van der Waals surface area contributed by atoms with Crippen LogP contribution in [0.5, 0.6) is 0 Å². The molecule has 0 spiro atoms. The zero-order chi connectivity index (χ0) is 15.3. The molecule has 0 unspecified atom stereocenters. The Morgan fingerprint density at radius 2 is 1.29 bits per heavy atom. The fraction of sp³-hybridized carbons (Fsp3) is 0.867. The van der Waals surface area contributed by atoms with Gasteiger partial charge in [0.05, 0.1) is 7.11 Å². The quantitative estimate of drug-likeness (QED) is 0.637. The topological polar surface area (TPSA) is 88.3 Å². The van der Waals surface area contributed by atoms with E-state index in [2.05, 4.69) is 10.2 Å². The number of ether oxygens (including phenoxy) is 1. The number of hydrogen-bond acceptors (Lipinski definition) is 5. The average molecular weight is 296 g/mol. The highest BCUT2D eigenvalue weighted by Crippen LogP contribution is 2.37. The molecule has 2 aliphatic carbocycles. The molecule has 2 saturated carbocycles. The van der Waals surface area contributed by atoms with Gasteiger partial charge in [-0.15, -0.1) is 0 Å². The van der Waals surface area contributed by atoms with Crippen LogP contribution in [0.3, 0.4) is 0 Å². The molecule has 118 valence electrons. The van der Waals surface area contributed by atoms with Gasteiger partial charge in [-0.1, -0.05) is 38.5 Å². The number of aliphatic carboxylic acids is 1. The minimum atomic E-state index is -1.14. The van der Waals surface area contributed by atoms with E-state index in [1.807, 2.05) is 0 Å². The summed E-state index contributed by atoms with van der Waals surface area (Å²) in [5, 5.41) is 18.0. The third kappa shape index (κ3) is 3.24. The van der Waals surface area contributed by atoms with Crippen LogP contribution in [0.2, 0.25) is 0 Å². The molecule has 2 fully saturated rings. The van der Waals surface area contributed by atoms with Crippen molar-refractivity contribution in [2.75, 3.05) is 7.11 Å². The lowest BCUT2D eigenvalue weighted by Crippen LogP contribution is -2.42. The standard InChI is InChI=1S/C15H24N2O4/c1-21-13(20)15(10-6-3-7-11-15)17-16-14(12(18)19)8-4-2-5-9-14/h2-11H2,1H3,(H,18,19). The van der Waals surface area contributed by atoms with Gasteiger partial charge in [0.2, 0.25) is 0 Å². The minimum absolute atomic E-state index is 0.387. The van der Waals surface area contributed by atoms with Gasteiger partial charge in [0, 0.05) is 0 Å². The molecule has 2 aliphatic rings. The van der Waals surface area contributed by atoms with E-state index in [4.69, 9.17) is 4.74 Å². The van der Waals surface area contributed by atoms with Gasteiger partial charge in [-0.25, -0.2) is 9.59 Å². The van der Waals surface area contributed by atoms with Crippen molar-refractivity contribution in [2.24, 2.45) is 10.2 Å².